The van der Waals surface area contributed by atoms with Crippen LogP contribution < -0.4 is 0 Å². The van der Waals surface area contributed by atoms with Gasteiger partial charge in [-0.1, -0.05) is 65.5 Å². The molecule has 0 bridgehead atoms. The van der Waals surface area contributed by atoms with Crippen LogP contribution in [0, 0.1) is 0 Å². The Balaban J connectivity index is 4.38. The topological polar surface area (TPSA) is 9.23 Å². The quantitative estimate of drug-likeness (QED) is 0.146. The van der Waals surface area contributed by atoms with Crippen LogP contribution in [-0.4, -0.2) is 59.1 Å². The van der Waals surface area contributed by atoms with Crippen molar-refractivity contribution >= 4 is 24.6 Å². The number of methoxy groups -OCH3 is 1. The van der Waals surface area contributed by atoms with E-state index in [0.717, 1.165) is 6.23 Å². The normalized spacial score (nSPS) is 12.0. The summed E-state index contributed by atoms with van der Waals surface area (Å²) in [7, 11) is 1.92. The number of rotatable bonds is 20. The third-order valence-electron chi connectivity index (χ3n) is 5.42. The van der Waals surface area contributed by atoms with Crippen molar-refractivity contribution in [3.05, 3.63) is 0 Å². The lowest BCUT2D eigenvalue weighted by Gasteiger charge is -2.23. The van der Waals surface area contributed by atoms with Crippen molar-refractivity contribution in [3.8, 4) is 0 Å². The first-order valence-corrected chi connectivity index (χ1v) is 17.9. The second-order valence-corrected chi connectivity index (χ2v) is 16.6. The summed E-state index contributed by atoms with van der Waals surface area (Å²) in [5, 5.41) is 0. The van der Waals surface area contributed by atoms with E-state index >= 15 is 0 Å². The zero-order valence-corrected chi connectivity index (χ0v) is 21.8. The van der Waals surface area contributed by atoms with E-state index in [4.69, 9.17) is 4.74 Å². The molecule has 0 saturated heterocycles. The minimum absolute atomic E-state index is 0.324. The predicted molar refractivity (Wildman–Crippen MR) is 131 cm³/mol. The molecule has 0 amide bonds. The average molecular weight is 421 g/mol. The first-order valence-electron chi connectivity index (χ1n) is 11.6. The summed E-state index contributed by atoms with van der Waals surface area (Å²) in [6.45, 7) is 9.41. The van der Waals surface area contributed by atoms with Crippen LogP contribution >= 0.6 is 15.8 Å². The van der Waals surface area contributed by atoms with Gasteiger partial charge in [-0.15, -0.1) is 15.8 Å². The van der Waals surface area contributed by atoms with Crippen molar-refractivity contribution in [2.24, 2.45) is 0 Å². The van der Waals surface area contributed by atoms with Gasteiger partial charge in [0.25, 0.3) is 0 Å². The summed E-state index contributed by atoms with van der Waals surface area (Å²) in [5.74, 6) is 0. The van der Waals surface area contributed by atoms with Crippen LogP contribution in [-0.2, 0) is 4.74 Å². The van der Waals surface area contributed by atoms with E-state index in [9.17, 15) is 0 Å². The monoisotopic (exact) mass is 420 g/mol. The van der Waals surface area contributed by atoms with Gasteiger partial charge in [-0.05, 0) is 62.7 Å². The maximum Gasteiger partial charge on any atom is 0.0684 e. The van der Waals surface area contributed by atoms with Gasteiger partial charge in [0.1, 0.15) is 0 Å². The molecular weight excluding hydrogens is 370 g/mol. The molecular formula is C22H50OP2Si. The number of ether oxygens (including phenoxy) is 1. The van der Waals surface area contributed by atoms with Crippen molar-refractivity contribution in [1.82, 2.24) is 0 Å². The molecule has 0 radical (unpaired) electrons. The molecule has 0 aliphatic carbocycles. The SMILES string of the molecule is CCCCP(CCCC)CC[SiH](CCP(CCCC)CCCC)COC. The molecule has 0 N–H and O–H groups in total. The fourth-order valence-electron chi connectivity index (χ4n) is 3.47. The predicted octanol–water partition coefficient (Wildman–Crippen LogP) is 7.56. The first kappa shape index (κ1) is 27.0. The highest BCUT2D eigenvalue weighted by Crippen LogP contribution is 2.41. The summed E-state index contributed by atoms with van der Waals surface area (Å²) in [6.07, 6.45) is 21.8. The molecule has 1 nitrogen and oxygen atoms in total. The minimum atomic E-state index is -0.671. The molecule has 26 heavy (non-hydrogen) atoms. The van der Waals surface area contributed by atoms with Crippen molar-refractivity contribution in [3.63, 3.8) is 0 Å². The second-order valence-electron chi connectivity index (χ2n) is 8.00. The number of unbranched alkanes of at least 4 members (excludes halogenated alkanes) is 4. The molecule has 0 unspecified atom stereocenters. The first-order chi connectivity index (χ1) is 12.7. The van der Waals surface area contributed by atoms with E-state index in [-0.39, 0.29) is 0 Å². The summed E-state index contributed by atoms with van der Waals surface area (Å²) in [4.78, 5) is 0. The van der Waals surface area contributed by atoms with Crippen LogP contribution in [0.2, 0.25) is 12.1 Å². The van der Waals surface area contributed by atoms with E-state index in [2.05, 4.69) is 27.7 Å². The third-order valence-corrected chi connectivity index (χ3v) is 15.0. The summed E-state index contributed by atoms with van der Waals surface area (Å²) >= 11 is 0. The Morgan fingerprint density at radius 3 is 1.19 bits per heavy atom. The Hall–Kier alpha value is 1.04. The van der Waals surface area contributed by atoms with Gasteiger partial charge in [-0.25, -0.2) is 0 Å². The fourth-order valence-corrected chi connectivity index (χ4v) is 14.8. The average Bonchev–Trinajstić information content (AvgIpc) is 2.66. The van der Waals surface area contributed by atoms with Crippen molar-refractivity contribution < 1.29 is 4.74 Å². The lowest BCUT2D eigenvalue weighted by Crippen LogP contribution is -2.23. The highest BCUT2D eigenvalue weighted by molar-refractivity contribution is 7.58. The molecule has 4 heteroatoms. The molecule has 0 aromatic carbocycles. The smallest absolute Gasteiger partial charge is 0.0684 e. The molecule has 0 aromatic rings. The van der Waals surface area contributed by atoms with Gasteiger partial charge >= 0.3 is 0 Å². The third kappa shape index (κ3) is 16.0. The maximum atomic E-state index is 5.67. The lowest BCUT2D eigenvalue weighted by atomic mass is 10.4. The van der Waals surface area contributed by atoms with E-state index in [1.54, 1.807) is 49.1 Å². The van der Waals surface area contributed by atoms with Gasteiger partial charge in [0.2, 0.25) is 0 Å². The van der Waals surface area contributed by atoms with Crippen molar-refractivity contribution in [1.29, 1.82) is 0 Å². The molecule has 0 atom stereocenters. The fraction of sp³-hybridized carbons (Fsp3) is 1.00. The number of hydrogen-bond acceptors (Lipinski definition) is 1. The van der Waals surface area contributed by atoms with Gasteiger partial charge in [0.05, 0.1) is 8.80 Å². The largest absolute Gasteiger partial charge is 0.388 e. The zero-order chi connectivity index (χ0) is 19.5. The van der Waals surface area contributed by atoms with E-state index in [1.165, 1.54) is 51.4 Å². The van der Waals surface area contributed by atoms with Crippen LogP contribution in [0.4, 0.5) is 0 Å². The van der Waals surface area contributed by atoms with Crippen LogP contribution in [0.5, 0.6) is 0 Å². The molecule has 0 aliphatic heterocycles. The van der Waals surface area contributed by atoms with Crippen molar-refractivity contribution in [2.75, 3.05) is 50.3 Å². The lowest BCUT2D eigenvalue weighted by molar-refractivity contribution is 0.248. The second kappa shape index (κ2) is 20.8. The summed E-state index contributed by atoms with van der Waals surface area (Å²) in [6, 6.07) is 3.13. The molecule has 0 aliphatic rings. The van der Waals surface area contributed by atoms with E-state index < -0.39 is 8.80 Å². The molecule has 0 heterocycles. The molecule has 0 aromatic heterocycles. The molecule has 0 rings (SSSR count). The standard InChI is InChI=1S/C22H50OP2Si/c1-6-10-14-24(15-11-7-2)18-20-26(22-23-5)21-19-25(16-12-8-3)17-13-9-4/h26H,6-22H2,1-5H3. The zero-order valence-electron chi connectivity index (χ0n) is 18.9. The molecule has 0 saturated carbocycles. The van der Waals surface area contributed by atoms with Crippen LogP contribution in [0.25, 0.3) is 0 Å². The highest BCUT2D eigenvalue weighted by Gasteiger charge is 2.17. The van der Waals surface area contributed by atoms with Gasteiger partial charge in [0.15, 0.2) is 0 Å². The summed E-state index contributed by atoms with van der Waals surface area (Å²) < 4.78 is 5.67. The van der Waals surface area contributed by atoms with E-state index in [1.807, 2.05) is 7.11 Å². The molecule has 158 valence electrons. The van der Waals surface area contributed by atoms with E-state index in [0.29, 0.717) is 15.8 Å². The number of hydrogen-bond donors (Lipinski definition) is 0. The van der Waals surface area contributed by atoms with Gasteiger partial charge in [-0.3, -0.25) is 0 Å². The summed E-state index contributed by atoms with van der Waals surface area (Å²) in [5.41, 5.74) is 0. The highest BCUT2D eigenvalue weighted by atomic mass is 31.1. The Morgan fingerprint density at radius 1 is 0.577 bits per heavy atom. The van der Waals surface area contributed by atoms with Gasteiger partial charge < -0.3 is 4.74 Å². The Labute approximate surface area is 170 Å². The van der Waals surface area contributed by atoms with Gasteiger partial charge in [0, 0.05) is 13.3 Å². The van der Waals surface area contributed by atoms with Crippen LogP contribution in [0.3, 0.4) is 0 Å². The maximum absolute atomic E-state index is 5.67. The van der Waals surface area contributed by atoms with Crippen LogP contribution in [0.1, 0.15) is 79.1 Å². The van der Waals surface area contributed by atoms with Crippen molar-refractivity contribution in [2.45, 2.75) is 91.1 Å². The Morgan fingerprint density at radius 2 is 0.923 bits per heavy atom. The Bertz CT molecular complexity index is 239. The minimum Gasteiger partial charge on any atom is -0.388 e. The Kier molecular flexibility index (Phi) is 21.6. The molecule has 0 spiro atoms. The van der Waals surface area contributed by atoms with Crippen LogP contribution in [0.15, 0.2) is 0 Å². The molecule has 0 fully saturated rings. The van der Waals surface area contributed by atoms with Gasteiger partial charge in [-0.2, -0.15) is 0 Å².